The van der Waals surface area contributed by atoms with Crippen molar-refractivity contribution in [2.24, 2.45) is 5.92 Å². The first-order chi connectivity index (χ1) is 10.3. The number of methoxy groups -OCH3 is 1. The van der Waals surface area contributed by atoms with Crippen LogP contribution in [0.5, 0.6) is 0 Å². The number of sulfonamides is 1. The van der Waals surface area contributed by atoms with E-state index in [9.17, 15) is 18.0 Å². The van der Waals surface area contributed by atoms with Crippen LogP contribution in [0.2, 0.25) is 0 Å². The zero-order valence-electron chi connectivity index (χ0n) is 12.7. The first-order valence-electron chi connectivity index (χ1n) is 6.72. The lowest BCUT2D eigenvalue weighted by Crippen LogP contribution is -2.48. The monoisotopic (exact) mass is 348 g/mol. The standard InChI is InChI=1S/C13H20N2O5S2/c1-4-9(2)12(13(17)20-3)15-10(16)8-14-22(18,19)11-6-5-7-21-11/h5-7,9,12,14H,4,8H2,1-3H3,(H,15,16)/t9-,12-/m0/s1. The van der Waals surface area contributed by atoms with E-state index in [4.69, 9.17) is 0 Å². The number of rotatable bonds is 8. The molecule has 22 heavy (non-hydrogen) atoms. The van der Waals surface area contributed by atoms with E-state index in [0.29, 0.717) is 6.42 Å². The second-order valence-electron chi connectivity index (χ2n) is 4.71. The molecule has 1 aromatic rings. The van der Waals surface area contributed by atoms with Crippen molar-refractivity contribution in [3.05, 3.63) is 17.5 Å². The van der Waals surface area contributed by atoms with Crippen LogP contribution in [0.15, 0.2) is 21.7 Å². The molecule has 0 saturated carbocycles. The van der Waals surface area contributed by atoms with Gasteiger partial charge in [-0.05, 0) is 17.4 Å². The van der Waals surface area contributed by atoms with Crippen LogP contribution < -0.4 is 10.0 Å². The predicted molar refractivity (Wildman–Crippen MR) is 82.9 cm³/mol. The van der Waals surface area contributed by atoms with Crippen LogP contribution in [-0.4, -0.2) is 40.0 Å². The fourth-order valence-electron chi connectivity index (χ4n) is 1.67. The minimum atomic E-state index is -3.71. The van der Waals surface area contributed by atoms with Gasteiger partial charge in [0.2, 0.25) is 5.91 Å². The minimum Gasteiger partial charge on any atom is -0.467 e. The third-order valence-electron chi connectivity index (χ3n) is 3.17. The number of amides is 1. The lowest BCUT2D eigenvalue weighted by atomic mass is 9.99. The molecule has 1 amide bonds. The van der Waals surface area contributed by atoms with Crippen LogP contribution in [0.25, 0.3) is 0 Å². The van der Waals surface area contributed by atoms with E-state index in [1.807, 2.05) is 6.92 Å². The highest BCUT2D eigenvalue weighted by Gasteiger charge is 2.27. The van der Waals surface area contributed by atoms with Crippen LogP contribution >= 0.6 is 11.3 Å². The number of ether oxygens (including phenoxy) is 1. The Morgan fingerprint density at radius 1 is 1.41 bits per heavy atom. The topological polar surface area (TPSA) is 102 Å². The molecule has 0 bridgehead atoms. The van der Waals surface area contributed by atoms with Gasteiger partial charge in [-0.15, -0.1) is 11.3 Å². The number of carbonyl (C=O) groups excluding carboxylic acids is 2. The molecule has 0 aromatic carbocycles. The second kappa shape index (κ2) is 8.25. The smallest absolute Gasteiger partial charge is 0.328 e. The van der Waals surface area contributed by atoms with Gasteiger partial charge in [-0.1, -0.05) is 26.3 Å². The summed E-state index contributed by atoms with van der Waals surface area (Å²) in [7, 11) is -2.47. The maximum atomic E-state index is 11.9. The van der Waals surface area contributed by atoms with Gasteiger partial charge in [0, 0.05) is 0 Å². The zero-order valence-corrected chi connectivity index (χ0v) is 14.3. The normalized spacial score (nSPS) is 14.1. The van der Waals surface area contributed by atoms with Crippen LogP contribution in [-0.2, 0) is 24.3 Å². The minimum absolute atomic E-state index is 0.120. The van der Waals surface area contributed by atoms with Gasteiger partial charge in [-0.3, -0.25) is 4.79 Å². The fourth-order valence-corrected chi connectivity index (χ4v) is 3.69. The summed E-state index contributed by atoms with van der Waals surface area (Å²) in [6.07, 6.45) is 0.668. The second-order valence-corrected chi connectivity index (χ2v) is 7.65. The number of nitrogens with one attached hydrogen (secondary N) is 2. The van der Waals surface area contributed by atoms with Crippen molar-refractivity contribution in [2.75, 3.05) is 13.7 Å². The largest absolute Gasteiger partial charge is 0.467 e. The number of hydrogen-bond donors (Lipinski definition) is 2. The van der Waals surface area contributed by atoms with Crippen LogP contribution in [0.1, 0.15) is 20.3 Å². The Kier molecular flexibility index (Phi) is 6.98. The maximum Gasteiger partial charge on any atom is 0.328 e. The molecule has 0 unspecified atom stereocenters. The fraction of sp³-hybridized carbons (Fsp3) is 0.538. The van der Waals surface area contributed by atoms with Crippen molar-refractivity contribution in [1.29, 1.82) is 0 Å². The van der Waals surface area contributed by atoms with Crippen molar-refractivity contribution in [3.63, 3.8) is 0 Å². The molecular weight excluding hydrogens is 328 g/mol. The molecule has 2 atom stereocenters. The van der Waals surface area contributed by atoms with Crippen molar-refractivity contribution in [1.82, 2.24) is 10.0 Å². The molecule has 9 heteroatoms. The van der Waals surface area contributed by atoms with E-state index < -0.39 is 34.5 Å². The average Bonchev–Trinajstić information content (AvgIpc) is 3.04. The molecule has 0 aliphatic carbocycles. The van der Waals surface area contributed by atoms with Gasteiger partial charge in [-0.25, -0.2) is 17.9 Å². The van der Waals surface area contributed by atoms with Gasteiger partial charge in [0.05, 0.1) is 13.7 Å². The number of esters is 1. The Labute approximate surface area is 134 Å². The van der Waals surface area contributed by atoms with Crippen molar-refractivity contribution < 1.29 is 22.7 Å². The Morgan fingerprint density at radius 2 is 2.09 bits per heavy atom. The van der Waals surface area contributed by atoms with E-state index >= 15 is 0 Å². The summed E-state index contributed by atoms with van der Waals surface area (Å²) in [5.41, 5.74) is 0. The van der Waals surface area contributed by atoms with E-state index in [1.54, 1.807) is 18.4 Å². The van der Waals surface area contributed by atoms with Gasteiger partial charge in [0.25, 0.3) is 10.0 Å². The summed E-state index contributed by atoms with van der Waals surface area (Å²) in [5, 5.41) is 4.13. The molecule has 0 aliphatic rings. The van der Waals surface area contributed by atoms with E-state index in [2.05, 4.69) is 14.8 Å². The summed E-state index contributed by atoms with van der Waals surface area (Å²) in [6, 6.07) is 2.25. The van der Waals surface area contributed by atoms with Crippen LogP contribution in [0.3, 0.4) is 0 Å². The highest BCUT2D eigenvalue weighted by molar-refractivity contribution is 7.91. The molecule has 0 fully saturated rings. The summed E-state index contributed by atoms with van der Waals surface area (Å²) in [4.78, 5) is 23.5. The van der Waals surface area contributed by atoms with Gasteiger partial charge >= 0.3 is 5.97 Å². The lowest BCUT2D eigenvalue weighted by Gasteiger charge is -2.21. The number of hydrogen-bond acceptors (Lipinski definition) is 6. The molecule has 0 saturated heterocycles. The molecule has 1 rings (SSSR count). The van der Waals surface area contributed by atoms with Gasteiger partial charge < -0.3 is 10.1 Å². The molecule has 7 nitrogen and oxygen atoms in total. The molecule has 0 radical (unpaired) electrons. The van der Waals surface area contributed by atoms with Gasteiger partial charge in [-0.2, -0.15) is 0 Å². The Balaban J connectivity index is 2.63. The zero-order chi connectivity index (χ0) is 16.8. The summed E-state index contributed by atoms with van der Waals surface area (Å²) >= 11 is 1.06. The maximum absolute atomic E-state index is 11.9. The molecule has 1 heterocycles. The van der Waals surface area contributed by atoms with Crippen molar-refractivity contribution >= 4 is 33.2 Å². The predicted octanol–water partition coefficient (Wildman–Crippen LogP) is 0.730. The summed E-state index contributed by atoms with van der Waals surface area (Å²) in [5.74, 6) is -1.26. The Hall–Kier alpha value is -1.45. The number of thiophene rings is 1. The van der Waals surface area contributed by atoms with Crippen LogP contribution in [0.4, 0.5) is 0 Å². The highest BCUT2D eigenvalue weighted by Crippen LogP contribution is 2.15. The quantitative estimate of drug-likeness (QED) is 0.675. The van der Waals surface area contributed by atoms with Crippen molar-refractivity contribution in [3.8, 4) is 0 Å². The highest BCUT2D eigenvalue weighted by atomic mass is 32.2. The Bertz CT molecular complexity index is 598. The van der Waals surface area contributed by atoms with E-state index in [1.165, 1.54) is 13.2 Å². The molecule has 0 spiro atoms. The van der Waals surface area contributed by atoms with E-state index in [-0.39, 0.29) is 10.1 Å². The lowest BCUT2D eigenvalue weighted by molar-refractivity contribution is -0.146. The first-order valence-corrected chi connectivity index (χ1v) is 9.08. The SMILES string of the molecule is CC[C@H](C)[C@H](NC(=O)CNS(=O)(=O)c1cccs1)C(=O)OC. The number of carbonyl (C=O) groups is 2. The Morgan fingerprint density at radius 3 is 2.59 bits per heavy atom. The molecule has 0 aliphatic heterocycles. The molecule has 124 valence electrons. The average molecular weight is 348 g/mol. The first kappa shape index (κ1) is 18.6. The van der Waals surface area contributed by atoms with Crippen LogP contribution in [0, 0.1) is 5.92 Å². The van der Waals surface area contributed by atoms with E-state index in [0.717, 1.165) is 11.3 Å². The molecular formula is C13H20N2O5S2. The molecule has 1 aromatic heterocycles. The summed E-state index contributed by atoms with van der Waals surface area (Å²) in [6.45, 7) is 3.24. The van der Waals surface area contributed by atoms with Gasteiger partial charge in [0.1, 0.15) is 10.3 Å². The third-order valence-corrected chi connectivity index (χ3v) is 5.97. The van der Waals surface area contributed by atoms with Gasteiger partial charge in [0.15, 0.2) is 0 Å². The summed E-state index contributed by atoms with van der Waals surface area (Å²) < 4.78 is 30.8. The molecule has 2 N–H and O–H groups in total. The van der Waals surface area contributed by atoms with Crippen molar-refractivity contribution in [2.45, 2.75) is 30.5 Å². The third kappa shape index (κ3) is 5.08.